The molecule has 1 saturated carbocycles. The normalized spacial score (nSPS) is 33.6. The summed E-state index contributed by atoms with van der Waals surface area (Å²) in [5.41, 5.74) is 0. The van der Waals surface area contributed by atoms with Crippen molar-refractivity contribution in [3.05, 3.63) is 0 Å². The van der Waals surface area contributed by atoms with Gasteiger partial charge >= 0.3 is 0 Å². The van der Waals surface area contributed by atoms with E-state index in [0.717, 1.165) is 17.9 Å². The third-order valence-corrected chi connectivity index (χ3v) is 3.45. The first-order valence-corrected chi connectivity index (χ1v) is 5.18. The predicted molar refractivity (Wildman–Crippen MR) is 53.1 cm³/mol. The van der Waals surface area contributed by atoms with E-state index in [0.29, 0.717) is 0 Å². The lowest BCUT2D eigenvalue weighted by molar-refractivity contribution is 0.390. The van der Waals surface area contributed by atoms with Crippen LogP contribution in [-0.4, -0.2) is 6.04 Å². The molecule has 2 heteroatoms. The first-order chi connectivity index (χ1) is 4.74. The average Bonchev–Trinajstić information content (AvgIpc) is 2.34. The maximum absolute atomic E-state index is 3.32. The summed E-state index contributed by atoms with van der Waals surface area (Å²) in [5.74, 6) is 1.86. The zero-order valence-electron chi connectivity index (χ0n) is 6.73. The molecule has 0 aromatic rings. The Balaban J connectivity index is 2.28. The number of hydrogen-bond donors (Lipinski definition) is 1. The fourth-order valence-corrected chi connectivity index (χ4v) is 2.29. The van der Waals surface area contributed by atoms with Gasteiger partial charge in [0, 0.05) is 28.9 Å². The molecule has 1 nitrogen and oxygen atoms in total. The lowest BCUT2D eigenvalue weighted by Gasteiger charge is -2.13. The van der Waals surface area contributed by atoms with E-state index in [2.05, 4.69) is 40.2 Å². The fraction of sp³-hybridized carbons (Fsp3) is 1.00. The Morgan fingerprint density at radius 2 is 2.10 bits per heavy atom. The van der Waals surface area contributed by atoms with Crippen LogP contribution in [0, 0.1) is 11.8 Å². The van der Waals surface area contributed by atoms with Gasteiger partial charge in [-0.2, -0.15) is 0 Å². The summed E-state index contributed by atoms with van der Waals surface area (Å²) in [6, 6.07) is 0.799. The maximum Gasteiger partial charge on any atom is 0.0172 e. The highest BCUT2D eigenvalue weighted by molar-refractivity contribution is 14.1. The van der Waals surface area contributed by atoms with Crippen LogP contribution in [-0.2, 0) is 0 Å². The molecule has 0 radical (unpaired) electrons. The molecule has 60 valence electrons. The van der Waals surface area contributed by atoms with Crippen molar-refractivity contribution < 1.29 is 0 Å². The molecule has 0 aliphatic heterocycles. The van der Waals surface area contributed by atoms with Gasteiger partial charge in [0.1, 0.15) is 0 Å². The SMILES string of the molecule is CC(C)C1CCC(NI)C1. The van der Waals surface area contributed by atoms with E-state index < -0.39 is 0 Å². The van der Waals surface area contributed by atoms with Crippen molar-refractivity contribution >= 4 is 22.9 Å². The van der Waals surface area contributed by atoms with E-state index in [1.165, 1.54) is 19.3 Å². The van der Waals surface area contributed by atoms with Gasteiger partial charge in [0.25, 0.3) is 0 Å². The van der Waals surface area contributed by atoms with Crippen LogP contribution in [0.25, 0.3) is 0 Å². The fourth-order valence-electron chi connectivity index (χ4n) is 1.72. The van der Waals surface area contributed by atoms with Crippen molar-refractivity contribution in [2.45, 2.75) is 39.2 Å². The van der Waals surface area contributed by atoms with E-state index in [-0.39, 0.29) is 0 Å². The second-order valence-electron chi connectivity index (χ2n) is 3.62. The van der Waals surface area contributed by atoms with Gasteiger partial charge in [-0.25, -0.2) is 0 Å². The smallest absolute Gasteiger partial charge is 0.0172 e. The molecule has 0 spiro atoms. The van der Waals surface area contributed by atoms with Gasteiger partial charge in [0.2, 0.25) is 0 Å². The molecule has 0 amide bonds. The van der Waals surface area contributed by atoms with Crippen molar-refractivity contribution in [1.82, 2.24) is 3.53 Å². The van der Waals surface area contributed by atoms with Crippen LogP contribution in [0.15, 0.2) is 0 Å². The standard InChI is InChI=1S/C8H16IN/c1-6(2)7-3-4-8(5-7)10-9/h6-8,10H,3-5H2,1-2H3. The van der Waals surface area contributed by atoms with Crippen LogP contribution in [0.1, 0.15) is 33.1 Å². The molecular formula is C8H16IN. The molecule has 1 rings (SSSR count). The molecule has 10 heavy (non-hydrogen) atoms. The Kier molecular flexibility index (Phi) is 3.43. The van der Waals surface area contributed by atoms with Crippen molar-refractivity contribution in [1.29, 1.82) is 0 Å². The topological polar surface area (TPSA) is 12.0 Å². The Labute approximate surface area is 77.5 Å². The van der Waals surface area contributed by atoms with Crippen molar-refractivity contribution in [3.63, 3.8) is 0 Å². The third-order valence-electron chi connectivity index (χ3n) is 2.57. The highest BCUT2D eigenvalue weighted by Crippen LogP contribution is 2.31. The molecule has 0 saturated heterocycles. The van der Waals surface area contributed by atoms with Gasteiger partial charge in [-0.15, -0.1) is 0 Å². The van der Waals surface area contributed by atoms with E-state index in [1.807, 2.05) is 0 Å². The molecule has 1 fully saturated rings. The maximum atomic E-state index is 3.32. The second-order valence-corrected chi connectivity index (χ2v) is 4.25. The van der Waals surface area contributed by atoms with E-state index >= 15 is 0 Å². The Bertz CT molecular complexity index is 103. The lowest BCUT2D eigenvalue weighted by atomic mass is 9.94. The van der Waals surface area contributed by atoms with Crippen molar-refractivity contribution in [3.8, 4) is 0 Å². The van der Waals surface area contributed by atoms with E-state index in [4.69, 9.17) is 0 Å². The third kappa shape index (κ3) is 2.09. The Morgan fingerprint density at radius 3 is 2.40 bits per heavy atom. The molecule has 1 N–H and O–H groups in total. The monoisotopic (exact) mass is 253 g/mol. The minimum atomic E-state index is 0.799. The number of rotatable bonds is 2. The average molecular weight is 253 g/mol. The van der Waals surface area contributed by atoms with Crippen LogP contribution < -0.4 is 3.53 Å². The number of halogens is 1. The lowest BCUT2D eigenvalue weighted by Crippen LogP contribution is -2.16. The molecule has 1 aliphatic rings. The van der Waals surface area contributed by atoms with Gasteiger partial charge in [-0.3, -0.25) is 3.53 Å². The van der Waals surface area contributed by atoms with Gasteiger partial charge < -0.3 is 0 Å². The zero-order chi connectivity index (χ0) is 7.56. The minimum absolute atomic E-state index is 0.799. The summed E-state index contributed by atoms with van der Waals surface area (Å²) in [5, 5.41) is 0. The summed E-state index contributed by atoms with van der Waals surface area (Å²) in [4.78, 5) is 0. The molecule has 0 aromatic heterocycles. The van der Waals surface area contributed by atoms with Crippen LogP contribution in [0.5, 0.6) is 0 Å². The summed E-state index contributed by atoms with van der Waals surface area (Å²) in [7, 11) is 0. The first-order valence-electron chi connectivity index (χ1n) is 4.10. The van der Waals surface area contributed by atoms with E-state index in [1.54, 1.807) is 0 Å². The summed E-state index contributed by atoms with van der Waals surface area (Å²) in [6.07, 6.45) is 4.20. The molecule has 0 bridgehead atoms. The number of hydrogen-bond acceptors (Lipinski definition) is 1. The first kappa shape index (κ1) is 8.78. The summed E-state index contributed by atoms with van der Waals surface area (Å²) >= 11 is 2.27. The molecule has 0 aromatic carbocycles. The molecule has 2 unspecified atom stereocenters. The molecule has 2 atom stereocenters. The van der Waals surface area contributed by atoms with Gasteiger partial charge in [0.05, 0.1) is 0 Å². The van der Waals surface area contributed by atoms with Crippen LogP contribution in [0.2, 0.25) is 0 Å². The zero-order valence-corrected chi connectivity index (χ0v) is 8.89. The van der Waals surface area contributed by atoms with Gasteiger partial charge in [0.15, 0.2) is 0 Å². The minimum Gasteiger partial charge on any atom is -0.258 e. The van der Waals surface area contributed by atoms with Crippen molar-refractivity contribution in [2.24, 2.45) is 11.8 Å². The van der Waals surface area contributed by atoms with Gasteiger partial charge in [-0.1, -0.05) is 13.8 Å². The molecule has 0 heterocycles. The molecule has 1 aliphatic carbocycles. The highest BCUT2D eigenvalue weighted by atomic mass is 127. The quantitative estimate of drug-likeness (QED) is 0.589. The summed E-state index contributed by atoms with van der Waals surface area (Å²) < 4.78 is 3.32. The predicted octanol–water partition coefficient (Wildman–Crippen LogP) is 2.75. The Hall–Kier alpha value is 0.690. The number of nitrogens with one attached hydrogen (secondary N) is 1. The van der Waals surface area contributed by atoms with Crippen molar-refractivity contribution in [2.75, 3.05) is 0 Å². The molecular weight excluding hydrogens is 237 g/mol. The van der Waals surface area contributed by atoms with E-state index in [9.17, 15) is 0 Å². The largest absolute Gasteiger partial charge is 0.258 e. The van der Waals surface area contributed by atoms with Crippen LogP contribution in [0.3, 0.4) is 0 Å². The van der Waals surface area contributed by atoms with Crippen LogP contribution in [0.4, 0.5) is 0 Å². The highest BCUT2D eigenvalue weighted by Gasteiger charge is 2.25. The van der Waals surface area contributed by atoms with Crippen LogP contribution >= 0.6 is 22.9 Å². The van der Waals surface area contributed by atoms with Gasteiger partial charge in [-0.05, 0) is 31.1 Å². The summed E-state index contributed by atoms with van der Waals surface area (Å²) in [6.45, 7) is 4.67. The second kappa shape index (κ2) is 3.90. The Morgan fingerprint density at radius 1 is 1.40 bits per heavy atom.